The Morgan fingerprint density at radius 3 is 2.69 bits per heavy atom. The molecule has 134 valence electrons. The lowest BCUT2D eigenvalue weighted by molar-refractivity contribution is -0.119. The molecule has 1 aromatic heterocycles. The van der Waals surface area contributed by atoms with Crippen molar-refractivity contribution < 1.29 is 13.6 Å². The van der Waals surface area contributed by atoms with Gasteiger partial charge < -0.3 is 9.73 Å². The number of carbonyl (C=O) groups excluding carboxylic acids is 1. The van der Waals surface area contributed by atoms with Crippen molar-refractivity contribution in [1.29, 1.82) is 0 Å². The quantitative estimate of drug-likeness (QED) is 0.626. The van der Waals surface area contributed by atoms with Crippen molar-refractivity contribution in [1.82, 2.24) is 15.5 Å². The zero-order valence-corrected chi connectivity index (χ0v) is 15.4. The molecule has 1 heterocycles. The summed E-state index contributed by atoms with van der Waals surface area (Å²) < 4.78 is 18.4. The van der Waals surface area contributed by atoms with Crippen LogP contribution in [0, 0.1) is 5.82 Å². The van der Waals surface area contributed by atoms with Gasteiger partial charge in [0, 0.05) is 10.6 Å². The maximum absolute atomic E-state index is 12.9. The van der Waals surface area contributed by atoms with Gasteiger partial charge >= 0.3 is 0 Å². The molecule has 1 N–H and O–H groups in total. The molecule has 3 rings (SSSR count). The van der Waals surface area contributed by atoms with Gasteiger partial charge in [-0.1, -0.05) is 41.6 Å². The van der Waals surface area contributed by atoms with Crippen LogP contribution < -0.4 is 5.32 Å². The third-order valence-corrected chi connectivity index (χ3v) is 4.74. The predicted molar refractivity (Wildman–Crippen MR) is 98.4 cm³/mol. The molecule has 1 amide bonds. The maximum atomic E-state index is 12.9. The average Bonchev–Trinajstić information content (AvgIpc) is 3.10. The lowest BCUT2D eigenvalue weighted by Crippen LogP contribution is -2.28. The first-order valence-corrected chi connectivity index (χ1v) is 9.15. The van der Waals surface area contributed by atoms with Crippen molar-refractivity contribution in [3.05, 3.63) is 64.9 Å². The molecule has 0 saturated heterocycles. The molecule has 5 nitrogen and oxygen atoms in total. The molecule has 1 atom stereocenters. The summed E-state index contributed by atoms with van der Waals surface area (Å²) in [7, 11) is 0. The summed E-state index contributed by atoms with van der Waals surface area (Å²) in [5, 5.41) is 11.5. The lowest BCUT2D eigenvalue weighted by Gasteiger charge is -2.15. The minimum Gasteiger partial charge on any atom is -0.411 e. The number of hydrogen-bond donors (Lipinski definition) is 1. The molecule has 8 heteroatoms. The summed E-state index contributed by atoms with van der Waals surface area (Å²) in [5.74, 6) is -0.117. The molecule has 0 spiro atoms. The van der Waals surface area contributed by atoms with Crippen LogP contribution in [0.15, 0.2) is 58.2 Å². The van der Waals surface area contributed by atoms with Crippen molar-refractivity contribution in [2.75, 3.05) is 5.75 Å². The Labute approximate surface area is 159 Å². The Hall–Kier alpha value is -2.38. The van der Waals surface area contributed by atoms with Gasteiger partial charge in [-0.05, 0) is 42.8 Å². The first kappa shape index (κ1) is 18.4. The Kier molecular flexibility index (Phi) is 5.90. The molecular formula is C18H15ClFN3O2S. The molecule has 0 radical (unpaired) electrons. The van der Waals surface area contributed by atoms with Crippen molar-refractivity contribution in [3.63, 3.8) is 0 Å². The van der Waals surface area contributed by atoms with E-state index in [0.29, 0.717) is 10.6 Å². The number of nitrogens with zero attached hydrogens (tertiary/aromatic N) is 2. The van der Waals surface area contributed by atoms with E-state index in [4.69, 9.17) is 16.0 Å². The van der Waals surface area contributed by atoms with E-state index in [0.717, 1.165) is 17.3 Å². The summed E-state index contributed by atoms with van der Waals surface area (Å²) >= 11 is 7.26. The van der Waals surface area contributed by atoms with Crippen LogP contribution in [0.3, 0.4) is 0 Å². The van der Waals surface area contributed by atoms with Gasteiger partial charge in [0.1, 0.15) is 5.82 Å². The number of nitrogens with one attached hydrogen (secondary N) is 1. The normalized spacial score (nSPS) is 12.0. The SMILES string of the molecule is C[C@@H](NC(=O)CSc1nnc(-c2ccc(F)cc2)o1)c1ccccc1Cl. The highest BCUT2D eigenvalue weighted by Gasteiger charge is 2.15. The molecule has 0 aliphatic carbocycles. The van der Waals surface area contributed by atoms with Gasteiger partial charge in [0.2, 0.25) is 11.8 Å². The van der Waals surface area contributed by atoms with Crippen molar-refractivity contribution in [2.24, 2.45) is 0 Å². The van der Waals surface area contributed by atoms with Crippen molar-refractivity contribution in [3.8, 4) is 11.5 Å². The first-order valence-electron chi connectivity index (χ1n) is 7.79. The average molecular weight is 392 g/mol. The summed E-state index contributed by atoms with van der Waals surface area (Å²) in [6.45, 7) is 1.86. The second-order valence-corrected chi connectivity index (χ2v) is 6.81. The Morgan fingerprint density at radius 1 is 1.23 bits per heavy atom. The zero-order valence-electron chi connectivity index (χ0n) is 13.8. The van der Waals surface area contributed by atoms with Crippen LogP contribution in [-0.2, 0) is 4.79 Å². The first-order chi connectivity index (χ1) is 12.5. The molecule has 26 heavy (non-hydrogen) atoms. The third-order valence-electron chi connectivity index (χ3n) is 3.57. The number of rotatable bonds is 6. The van der Waals surface area contributed by atoms with Crippen molar-refractivity contribution in [2.45, 2.75) is 18.2 Å². The Bertz CT molecular complexity index is 901. The highest BCUT2D eigenvalue weighted by molar-refractivity contribution is 7.99. The molecule has 0 fully saturated rings. The van der Waals surface area contributed by atoms with Crippen molar-refractivity contribution >= 4 is 29.3 Å². The van der Waals surface area contributed by atoms with Crippen LogP contribution in [0.4, 0.5) is 4.39 Å². The highest BCUT2D eigenvalue weighted by Crippen LogP contribution is 2.24. The van der Waals surface area contributed by atoms with Crippen LogP contribution in [0.2, 0.25) is 5.02 Å². The number of thioether (sulfide) groups is 1. The topological polar surface area (TPSA) is 68.0 Å². The van der Waals surface area contributed by atoms with E-state index in [1.807, 2.05) is 25.1 Å². The summed E-state index contributed by atoms with van der Waals surface area (Å²) in [6, 6.07) is 12.9. The van der Waals surface area contributed by atoms with E-state index in [1.165, 1.54) is 12.1 Å². The summed E-state index contributed by atoms with van der Waals surface area (Å²) in [4.78, 5) is 12.1. The van der Waals surface area contributed by atoms with E-state index in [2.05, 4.69) is 15.5 Å². The number of halogens is 2. The predicted octanol–water partition coefficient (Wildman–Crippen LogP) is 4.50. The molecule has 0 bridgehead atoms. The molecule has 0 saturated carbocycles. The van der Waals surface area contributed by atoms with Gasteiger partial charge in [-0.15, -0.1) is 10.2 Å². The minimum atomic E-state index is -0.341. The maximum Gasteiger partial charge on any atom is 0.277 e. The monoisotopic (exact) mass is 391 g/mol. The second-order valence-electron chi connectivity index (χ2n) is 5.48. The fourth-order valence-corrected chi connectivity index (χ4v) is 3.17. The summed E-state index contributed by atoms with van der Waals surface area (Å²) in [6.07, 6.45) is 0. The smallest absolute Gasteiger partial charge is 0.277 e. The largest absolute Gasteiger partial charge is 0.411 e. The standard InChI is InChI=1S/C18H15ClFN3O2S/c1-11(14-4-2-3-5-15(14)19)21-16(24)10-26-18-23-22-17(25-18)12-6-8-13(20)9-7-12/h2-9,11H,10H2,1H3,(H,21,24)/t11-/m1/s1. The number of aromatic nitrogens is 2. The van der Waals surface area contributed by atoms with Crippen LogP contribution >= 0.6 is 23.4 Å². The van der Waals surface area contributed by atoms with Crippen LogP contribution in [0.25, 0.3) is 11.5 Å². The minimum absolute atomic E-state index is 0.125. The molecule has 0 aliphatic rings. The Morgan fingerprint density at radius 2 is 1.96 bits per heavy atom. The van der Waals surface area contributed by atoms with Gasteiger partial charge in [0.05, 0.1) is 11.8 Å². The fraction of sp³-hybridized carbons (Fsp3) is 0.167. The summed E-state index contributed by atoms with van der Waals surface area (Å²) in [5.41, 5.74) is 1.46. The lowest BCUT2D eigenvalue weighted by atomic mass is 10.1. The van der Waals surface area contributed by atoms with Gasteiger partial charge in [0.25, 0.3) is 5.22 Å². The molecular weight excluding hydrogens is 377 g/mol. The highest BCUT2D eigenvalue weighted by atomic mass is 35.5. The number of hydrogen-bond acceptors (Lipinski definition) is 5. The molecule has 3 aromatic rings. The van der Waals surface area contributed by atoms with E-state index >= 15 is 0 Å². The van der Waals surface area contributed by atoms with Crippen LogP contribution in [0.1, 0.15) is 18.5 Å². The number of amides is 1. The van der Waals surface area contributed by atoms with E-state index in [1.54, 1.807) is 18.2 Å². The van der Waals surface area contributed by atoms with E-state index < -0.39 is 0 Å². The Balaban J connectivity index is 1.55. The van der Waals surface area contributed by atoms with Gasteiger partial charge in [-0.3, -0.25) is 4.79 Å². The van der Waals surface area contributed by atoms with E-state index in [9.17, 15) is 9.18 Å². The molecule has 2 aromatic carbocycles. The number of carbonyl (C=O) groups is 1. The third kappa shape index (κ3) is 4.62. The number of benzene rings is 2. The van der Waals surface area contributed by atoms with Crippen LogP contribution in [-0.4, -0.2) is 21.9 Å². The van der Waals surface area contributed by atoms with Gasteiger partial charge in [-0.2, -0.15) is 0 Å². The van der Waals surface area contributed by atoms with Crippen LogP contribution in [0.5, 0.6) is 0 Å². The fourth-order valence-electron chi connectivity index (χ4n) is 2.29. The zero-order chi connectivity index (χ0) is 18.5. The van der Waals surface area contributed by atoms with Gasteiger partial charge in [0.15, 0.2) is 0 Å². The molecule has 0 aliphatic heterocycles. The second kappa shape index (κ2) is 8.33. The molecule has 0 unspecified atom stereocenters. The van der Waals surface area contributed by atoms with Gasteiger partial charge in [-0.25, -0.2) is 4.39 Å². The van der Waals surface area contributed by atoms with E-state index in [-0.39, 0.29) is 34.6 Å².